The zero-order valence-electron chi connectivity index (χ0n) is 20.4. The summed E-state index contributed by atoms with van der Waals surface area (Å²) in [7, 11) is -3.20. The first kappa shape index (κ1) is 26.9. The van der Waals surface area contributed by atoms with Gasteiger partial charge >= 0.3 is 0 Å². The van der Waals surface area contributed by atoms with Crippen molar-refractivity contribution in [2.75, 3.05) is 30.0 Å². The van der Waals surface area contributed by atoms with Crippen LogP contribution in [0.2, 0.25) is 10.0 Å². The molecule has 2 aromatic heterocycles. The van der Waals surface area contributed by atoms with Gasteiger partial charge in [-0.15, -0.1) is 0 Å². The van der Waals surface area contributed by atoms with Gasteiger partial charge in [0.2, 0.25) is 5.95 Å². The molecule has 36 heavy (non-hydrogen) atoms. The topological polar surface area (TPSA) is 128 Å². The molecule has 1 saturated heterocycles. The fraction of sp³-hybridized carbons (Fsp3) is 0.478. The van der Waals surface area contributed by atoms with Gasteiger partial charge in [-0.3, -0.25) is 9.82 Å². The van der Waals surface area contributed by atoms with Gasteiger partial charge in [-0.2, -0.15) is 15.3 Å². The zero-order chi connectivity index (χ0) is 26.3. The van der Waals surface area contributed by atoms with Gasteiger partial charge in [0.25, 0.3) is 0 Å². The van der Waals surface area contributed by atoms with E-state index in [1.807, 2.05) is 4.90 Å². The summed E-state index contributed by atoms with van der Waals surface area (Å²) in [5, 5.41) is 18.3. The Morgan fingerprint density at radius 1 is 1.25 bits per heavy atom. The van der Waals surface area contributed by atoms with E-state index >= 15 is 0 Å². The SMILES string of the molecule is CC(C)(C)SNC1(CS(C)(=O)=O)CCN(c2nc(C#N)c3c(-c4cccc(Cl)c4Cl)[nH]nc3n2)CC1. The molecule has 0 saturated carbocycles. The number of aromatic amines is 1. The molecule has 1 aliphatic heterocycles. The van der Waals surface area contributed by atoms with Crippen molar-refractivity contribution < 1.29 is 8.42 Å². The van der Waals surface area contributed by atoms with Gasteiger partial charge in [-0.25, -0.2) is 13.4 Å². The maximum absolute atomic E-state index is 12.2. The second kappa shape index (κ2) is 9.99. The standard InChI is InChI=1S/C23H27Cl2N7O2S2/c1-22(2,3)35-31-23(13-36(4,33)34)8-10-32(11-9-23)21-27-16(12-26)17-19(29-30-20(17)28-21)14-6-5-7-15(24)18(14)25/h5-7,31H,8-11,13H2,1-4H3,(H,27,28,29,30). The van der Waals surface area contributed by atoms with E-state index in [-0.39, 0.29) is 16.2 Å². The first-order chi connectivity index (χ1) is 16.8. The second-order valence-corrected chi connectivity index (χ2v) is 14.6. The molecule has 3 aromatic rings. The summed E-state index contributed by atoms with van der Waals surface area (Å²) in [5.41, 5.74) is 1.08. The minimum atomic E-state index is -3.20. The van der Waals surface area contributed by atoms with E-state index in [4.69, 9.17) is 23.2 Å². The highest BCUT2D eigenvalue weighted by Gasteiger charge is 2.39. The number of nitrogens with one attached hydrogen (secondary N) is 2. The number of hydrogen-bond acceptors (Lipinski definition) is 9. The largest absolute Gasteiger partial charge is 0.341 e. The van der Waals surface area contributed by atoms with Crippen molar-refractivity contribution in [2.45, 2.75) is 43.9 Å². The maximum atomic E-state index is 12.2. The van der Waals surface area contributed by atoms with E-state index in [9.17, 15) is 13.7 Å². The zero-order valence-corrected chi connectivity index (χ0v) is 23.5. The molecule has 0 radical (unpaired) electrons. The average Bonchev–Trinajstić information content (AvgIpc) is 3.22. The summed E-state index contributed by atoms with van der Waals surface area (Å²) in [4.78, 5) is 11.1. The Labute approximate surface area is 225 Å². The lowest BCUT2D eigenvalue weighted by atomic mass is 9.91. The third-order valence-corrected chi connectivity index (χ3v) is 8.89. The maximum Gasteiger partial charge on any atom is 0.228 e. The number of hydrogen-bond donors (Lipinski definition) is 2. The number of benzene rings is 1. The fourth-order valence-electron chi connectivity index (χ4n) is 4.20. The highest BCUT2D eigenvalue weighted by atomic mass is 35.5. The highest BCUT2D eigenvalue weighted by Crippen LogP contribution is 2.37. The van der Waals surface area contributed by atoms with Gasteiger partial charge < -0.3 is 4.90 Å². The Hall–Kier alpha value is -2.10. The van der Waals surface area contributed by atoms with Crippen LogP contribution in [0.5, 0.6) is 0 Å². The number of piperidine rings is 1. The third-order valence-electron chi connectivity index (χ3n) is 5.84. The predicted octanol–water partition coefficient (Wildman–Crippen LogP) is 4.62. The predicted molar refractivity (Wildman–Crippen MR) is 146 cm³/mol. The molecule has 0 unspecified atom stereocenters. The van der Waals surface area contributed by atoms with Crippen molar-refractivity contribution in [3.8, 4) is 17.3 Å². The van der Waals surface area contributed by atoms with Crippen molar-refractivity contribution >= 4 is 62.0 Å². The van der Waals surface area contributed by atoms with Crippen LogP contribution in [0.1, 0.15) is 39.3 Å². The molecule has 192 valence electrons. The molecular formula is C23H27Cl2N7O2S2. The monoisotopic (exact) mass is 567 g/mol. The van der Waals surface area contributed by atoms with Crippen molar-refractivity contribution in [1.29, 1.82) is 5.26 Å². The Kier molecular flexibility index (Phi) is 7.48. The molecule has 2 N–H and O–H groups in total. The summed E-state index contributed by atoms with van der Waals surface area (Å²) >= 11 is 14.1. The molecule has 0 spiro atoms. The van der Waals surface area contributed by atoms with Crippen LogP contribution in [-0.4, -0.2) is 64.0 Å². The van der Waals surface area contributed by atoms with Crippen LogP contribution >= 0.6 is 35.1 Å². The lowest BCUT2D eigenvalue weighted by Crippen LogP contribution is -2.56. The number of aromatic nitrogens is 4. The number of nitrogens with zero attached hydrogens (tertiary/aromatic N) is 5. The Bertz CT molecular complexity index is 1440. The first-order valence-electron chi connectivity index (χ1n) is 11.3. The van der Waals surface area contributed by atoms with Gasteiger partial charge in [0.05, 0.1) is 26.9 Å². The molecule has 0 aliphatic carbocycles. The number of rotatable bonds is 6. The molecular weight excluding hydrogens is 541 g/mol. The van der Waals surface area contributed by atoms with E-state index in [1.165, 1.54) is 6.26 Å². The Balaban J connectivity index is 1.64. The van der Waals surface area contributed by atoms with Crippen molar-refractivity contribution in [3.05, 3.63) is 33.9 Å². The van der Waals surface area contributed by atoms with Crippen LogP contribution in [0.15, 0.2) is 18.2 Å². The summed E-state index contributed by atoms with van der Waals surface area (Å²) in [6.45, 7) is 7.29. The average molecular weight is 569 g/mol. The molecule has 3 heterocycles. The number of halogens is 2. The summed E-state index contributed by atoms with van der Waals surface area (Å²) in [5.74, 6) is 0.425. The van der Waals surface area contributed by atoms with Gasteiger partial charge in [-0.1, -0.05) is 47.3 Å². The van der Waals surface area contributed by atoms with Gasteiger partial charge in [-0.05, 0) is 39.7 Å². The Morgan fingerprint density at radius 3 is 2.56 bits per heavy atom. The summed E-state index contributed by atoms with van der Waals surface area (Å²) in [6, 6.07) is 7.38. The molecule has 1 fully saturated rings. The second-order valence-electron chi connectivity index (χ2n) is 10.0. The molecule has 0 atom stereocenters. The van der Waals surface area contributed by atoms with Gasteiger partial charge in [0.15, 0.2) is 11.3 Å². The molecule has 9 nitrogen and oxygen atoms in total. The molecule has 1 aliphatic rings. The fourth-order valence-corrected chi connectivity index (χ4v) is 6.85. The molecule has 13 heteroatoms. The highest BCUT2D eigenvalue weighted by molar-refractivity contribution is 7.98. The van der Waals surface area contributed by atoms with Crippen LogP contribution in [0.25, 0.3) is 22.3 Å². The lowest BCUT2D eigenvalue weighted by molar-refractivity contribution is 0.338. The molecule has 0 bridgehead atoms. The van der Waals surface area contributed by atoms with E-state index in [1.54, 1.807) is 30.1 Å². The molecule has 0 amide bonds. The van der Waals surface area contributed by atoms with Crippen LogP contribution in [-0.2, 0) is 9.84 Å². The van der Waals surface area contributed by atoms with Crippen molar-refractivity contribution in [2.24, 2.45) is 0 Å². The minimum absolute atomic E-state index is 0.0450. The van der Waals surface area contributed by atoms with E-state index in [2.05, 4.69) is 51.7 Å². The molecule has 1 aromatic carbocycles. The van der Waals surface area contributed by atoms with Crippen molar-refractivity contribution in [1.82, 2.24) is 24.9 Å². The van der Waals surface area contributed by atoms with Crippen LogP contribution in [0, 0.1) is 11.3 Å². The minimum Gasteiger partial charge on any atom is -0.341 e. The normalized spacial score (nSPS) is 16.3. The lowest BCUT2D eigenvalue weighted by Gasteiger charge is -2.42. The number of anilines is 1. The number of H-pyrrole nitrogens is 1. The van der Waals surface area contributed by atoms with Gasteiger partial charge in [0.1, 0.15) is 15.9 Å². The Morgan fingerprint density at radius 2 is 1.94 bits per heavy atom. The summed E-state index contributed by atoms with van der Waals surface area (Å²) < 4.78 is 27.8. The van der Waals surface area contributed by atoms with Crippen LogP contribution in [0.3, 0.4) is 0 Å². The van der Waals surface area contributed by atoms with Gasteiger partial charge in [0, 0.05) is 35.2 Å². The van der Waals surface area contributed by atoms with E-state index < -0.39 is 15.4 Å². The molecule has 4 rings (SSSR count). The number of fused-ring (bicyclic) bond motifs is 1. The summed E-state index contributed by atoms with van der Waals surface area (Å²) in [6.07, 6.45) is 2.43. The van der Waals surface area contributed by atoms with E-state index in [0.717, 1.165) is 0 Å². The number of nitriles is 1. The first-order valence-corrected chi connectivity index (χ1v) is 14.9. The quantitative estimate of drug-likeness (QED) is 0.410. The van der Waals surface area contributed by atoms with Crippen LogP contribution in [0.4, 0.5) is 5.95 Å². The third kappa shape index (κ3) is 5.89. The van der Waals surface area contributed by atoms with Crippen molar-refractivity contribution in [3.63, 3.8) is 0 Å². The van der Waals surface area contributed by atoms with Crippen LogP contribution < -0.4 is 9.62 Å². The number of sulfone groups is 1. The smallest absolute Gasteiger partial charge is 0.228 e. The van der Waals surface area contributed by atoms with E-state index in [0.29, 0.717) is 64.2 Å².